The Morgan fingerprint density at radius 3 is 1.46 bits per heavy atom. The standard InChI is InChI=1S/C43H65Cl3O7Si3/c1-5-47-42(20-18-36-6-12-39(24-44)13-7-36)54-49-28-33(2)27-48-43(21-19-37-8-14-40(25-45)15-9-37)55-50-29-34(3)30-51-56(52-31-35(4)32-53-56)23-22-38-10-16-41(26-46)17-11-38/h6-17,33-35,42-43H,5,18-32,54-55H2,1-4H3. The van der Waals surface area contributed by atoms with Gasteiger partial charge in [0.2, 0.25) is 0 Å². The second-order valence-corrected chi connectivity index (χ2v) is 22.3. The molecule has 56 heavy (non-hydrogen) atoms. The molecule has 1 fully saturated rings. The van der Waals surface area contributed by atoms with Crippen molar-refractivity contribution < 1.29 is 31.6 Å². The molecule has 0 N–H and O–H groups in total. The molecule has 0 radical (unpaired) electrons. The highest BCUT2D eigenvalue weighted by Crippen LogP contribution is 2.26. The number of ether oxygens (including phenoxy) is 2. The molecular weight excluding hydrogens is 819 g/mol. The topological polar surface area (TPSA) is 64.6 Å². The molecule has 0 bridgehead atoms. The number of hydrogen-bond acceptors (Lipinski definition) is 7. The molecule has 0 aromatic heterocycles. The van der Waals surface area contributed by atoms with E-state index in [4.69, 9.17) is 66.4 Å². The van der Waals surface area contributed by atoms with Crippen LogP contribution in [0.3, 0.4) is 0 Å². The Kier molecular flexibility index (Phi) is 22.8. The van der Waals surface area contributed by atoms with Gasteiger partial charge in [0.1, 0.15) is 0 Å². The van der Waals surface area contributed by atoms with Crippen LogP contribution in [0.15, 0.2) is 72.8 Å². The second kappa shape index (κ2) is 26.9. The van der Waals surface area contributed by atoms with Gasteiger partial charge in [-0.25, -0.2) is 0 Å². The minimum Gasteiger partial charge on any atom is -0.421 e. The van der Waals surface area contributed by atoms with Gasteiger partial charge in [0, 0.05) is 81.1 Å². The second-order valence-electron chi connectivity index (χ2n) is 15.5. The lowest BCUT2D eigenvalue weighted by atomic mass is 10.1. The van der Waals surface area contributed by atoms with E-state index in [0.29, 0.717) is 69.8 Å². The van der Waals surface area contributed by atoms with Gasteiger partial charge in [0.25, 0.3) is 0 Å². The molecular formula is C43H65Cl3O7Si3. The Balaban J connectivity index is 1.23. The fourth-order valence-electron chi connectivity index (χ4n) is 6.40. The Morgan fingerprint density at radius 2 is 1.02 bits per heavy atom. The van der Waals surface area contributed by atoms with Crippen molar-refractivity contribution in [3.63, 3.8) is 0 Å². The molecule has 13 heteroatoms. The van der Waals surface area contributed by atoms with Crippen molar-refractivity contribution in [3.8, 4) is 0 Å². The van der Waals surface area contributed by atoms with Crippen LogP contribution in [0.5, 0.6) is 0 Å². The van der Waals surface area contributed by atoms with E-state index in [1.807, 2.05) is 0 Å². The van der Waals surface area contributed by atoms with E-state index in [1.54, 1.807) is 0 Å². The van der Waals surface area contributed by atoms with E-state index in [1.165, 1.54) is 16.7 Å². The van der Waals surface area contributed by atoms with Crippen LogP contribution in [-0.2, 0) is 68.5 Å². The van der Waals surface area contributed by atoms with Crippen molar-refractivity contribution in [1.82, 2.24) is 0 Å². The van der Waals surface area contributed by atoms with Crippen molar-refractivity contribution in [3.05, 3.63) is 106 Å². The molecule has 312 valence electrons. The van der Waals surface area contributed by atoms with Gasteiger partial charge in [-0.05, 0) is 72.4 Å². The lowest BCUT2D eigenvalue weighted by Gasteiger charge is -2.36. The monoisotopic (exact) mass is 882 g/mol. The Bertz CT molecular complexity index is 1470. The third kappa shape index (κ3) is 18.0. The molecule has 3 aromatic rings. The first-order chi connectivity index (χ1) is 27.2. The number of halogens is 3. The lowest BCUT2D eigenvalue weighted by Crippen LogP contribution is -2.52. The van der Waals surface area contributed by atoms with E-state index in [-0.39, 0.29) is 23.3 Å². The summed E-state index contributed by atoms with van der Waals surface area (Å²) >= 11 is 18.0. The maximum absolute atomic E-state index is 6.59. The fraction of sp³-hybridized carbons (Fsp3) is 0.581. The summed E-state index contributed by atoms with van der Waals surface area (Å²) in [7, 11) is -4.66. The molecule has 0 aliphatic carbocycles. The van der Waals surface area contributed by atoms with Gasteiger partial charge in [-0.15, -0.1) is 34.8 Å². The molecule has 4 rings (SSSR count). The molecule has 1 saturated heterocycles. The summed E-state index contributed by atoms with van der Waals surface area (Å²) in [6.07, 6.45) is 4.64. The maximum Gasteiger partial charge on any atom is 0.501 e. The van der Waals surface area contributed by atoms with Crippen molar-refractivity contribution in [2.45, 2.75) is 94.9 Å². The summed E-state index contributed by atoms with van der Waals surface area (Å²) in [4.78, 5) is 0. The number of hydrogen-bond donors (Lipinski definition) is 0. The Hall–Kier alpha value is -1.10. The van der Waals surface area contributed by atoms with Crippen molar-refractivity contribution in [2.24, 2.45) is 17.8 Å². The highest BCUT2D eigenvalue weighted by molar-refractivity contribution is 6.60. The van der Waals surface area contributed by atoms with Gasteiger partial charge in [0.05, 0.1) is 18.1 Å². The Morgan fingerprint density at radius 1 is 0.607 bits per heavy atom. The van der Waals surface area contributed by atoms with Gasteiger partial charge in [-0.3, -0.25) is 0 Å². The molecule has 1 aliphatic rings. The summed E-state index contributed by atoms with van der Waals surface area (Å²) < 4.78 is 44.8. The van der Waals surface area contributed by atoms with Crippen LogP contribution in [-0.4, -0.2) is 86.0 Å². The van der Waals surface area contributed by atoms with Crippen LogP contribution in [0.2, 0.25) is 6.04 Å². The predicted molar refractivity (Wildman–Crippen MR) is 238 cm³/mol. The minimum absolute atomic E-state index is 0.0919. The van der Waals surface area contributed by atoms with Crippen molar-refractivity contribution >= 4 is 63.1 Å². The third-order valence-corrected chi connectivity index (χ3v) is 16.5. The predicted octanol–water partition coefficient (Wildman–Crippen LogP) is 8.53. The molecule has 1 aliphatic heterocycles. The number of rotatable bonds is 28. The van der Waals surface area contributed by atoms with Gasteiger partial charge in [-0.1, -0.05) is 93.6 Å². The zero-order chi connectivity index (χ0) is 40.0. The Labute approximate surface area is 358 Å². The summed E-state index contributed by atoms with van der Waals surface area (Å²) in [6, 6.07) is 26.3. The van der Waals surface area contributed by atoms with E-state index in [9.17, 15) is 0 Å². The van der Waals surface area contributed by atoms with E-state index < -0.39 is 28.3 Å². The van der Waals surface area contributed by atoms with Crippen LogP contribution in [0.1, 0.15) is 73.9 Å². The first kappa shape index (κ1) is 47.6. The average Bonchev–Trinajstić information content (AvgIpc) is 3.23. The first-order valence-corrected chi connectivity index (χ1v) is 26.8. The molecule has 3 aromatic carbocycles. The van der Waals surface area contributed by atoms with Crippen LogP contribution >= 0.6 is 34.8 Å². The van der Waals surface area contributed by atoms with E-state index in [2.05, 4.69) is 100 Å². The van der Waals surface area contributed by atoms with E-state index in [0.717, 1.165) is 54.8 Å². The summed E-state index contributed by atoms with van der Waals surface area (Å²) in [6.45, 7) is 13.1. The molecule has 7 nitrogen and oxygen atoms in total. The largest absolute Gasteiger partial charge is 0.501 e. The zero-order valence-electron chi connectivity index (χ0n) is 34.0. The molecule has 4 unspecified atom stereocenters. The molecule has 4 atom stereocenters. The average molecular weight is 885 g/mol. The van der Waals surface area contributed by atoms with Gasteiger partial charge in [0.15, 0.2) is 19.5 Å². The highest BCUT2D eigenvalue weighted by atomic mass is 35.5. The third-order valence-electron chi connectivity index (χ3n) is 9.96. The normalized spacial score (nSPS) is 19.9. The lowest BCUT2D eigenvalue weighted by molar-refractivity contribution is -0.0128. The maximum atomic E-state index is 6.59. The van der Waals surface area contributed by atoms with Crippen LogP contribution in [0.25, 0.3) is 0 Å². The molecule has 1 heterocycles. The minimum atomic E-state index is -2.81. The summed E-state index contributed by atoms with van der Waals surface area (Å²) in [5.41, 5.74) is 7.51. The molecule has 0 spiro atoms. The van der Waals surface area contributed by atoms with Crippen molar-refractivity contribution in [1.29, 1.82) is 0 Å². The van der Waals surface area contributed by atoms with Crippen molar-refractivity contribution in [2.75, 3.05) is 46.2 Å². The molecule has 0 amide bonds. The van der Waals surface area contributed by atoms with Crippen LogP contribution < -0.4 is 0 Å². The summed E-state index contributed by atoms with van der Waals surface area (Å²) in [5.74, 6) is 2.42. The smallest absolute Gasteiger partial charge is 0.421 e. The summed E-state index contributed by atoms with van der Waals surface area (Å²) in [5, 5.41) is 0. The number of alkyl halides is 3. The van der Waals surface area contributed by atoms with Gasteiger partial charge >= 0.3 is 8.80 Å². The highest BCUT2D eigenvalue weighted by Gasteiger charge is 2.44. The number of benzene rings is 3. The van der Waals surface area contributed by atoms with E-state index >= 15 is 0 Å². The zero-order valence-corrected chi connectivity index (χ0v) is 40.1. The van der Waals surface area contributed by atoms with Crippen LogP contribution in [0.4, 0.5) is 0 Å². The van der Waals surface area contributed by atoms with Gasteiger partial charge in [-0.2, -0.15) is 0 Å². The number of aryl methyl sites for hydroxylation is 3. The quantitative estimate of drug-likeness (QED) is 0.0536. The van der Waals surface area contributed by atoms with Gasteiger partial charge < -0.3 is 31.6 Å². The first-order valence-electron chi connectivity index (χ1n) is 20.4. The van der Waals surface area contributed by atoms with Crippen LogP contribution in [0, 0.1) is 17.8 Å². The fourth-order valence-corrected chi connectivity index (χ4v) is 12.7. The molecule has 0 saturated carbocycles. The SMILES string of the molecule is CCOC(CCc1ccc(CCl)cc1)[SiH2]OCC(C)COC(CCc1ccc(CCl)cc1)[SiH2]OCC(C)CO[Si]1(CCc2ccc(CCl)cc2)OCC(C)CO1.